The second-order valence-electron chi connectivity index (χ2n) is 6.34. The number of carbonyl (C=O) groups excluding carboxylic acids is 2. The number of methoxy groups -OCH3 is 1. The highest BCUT2D eigenvalue weighted by Gasteiger charge is 2.37. The molecule has 2 amide bonds. The molecule has 1 fully saturated rings. The molecule has 0 spiro atoms. The zero-order valence-corrected chi connectivity index (χ0v) is 14.8. The summed E-state index contributed by atoms with van der Waals surface area (Å²) in [6, 6.07) is 6.99. The van der Waals surface area contributed by atoms with Crippen molar-refractivity contribution in [3.8, 4) is 5.75 Å². The number of aliphatic hydroxyl groups excluding tert-OH is 1. The Morgan fingerprint density at radius 1 is 1.35 bits per heavy atom. The topological polar surface area (TPSA) is 96.7 Å². The SMILES string of the molecule is COc1ccc(Cn2cc(NC(=O)[C@H]3C[C@@H](O)CN3C(C)=O)cn2)cc1. The average Bonchev–Trinajstić information content (AvgIpc) is 3.22. The number of likely N-dealkylation sites (tertiary alicyclic amines) is 1. The Kier molecular flexibility index (Phi) is 5.22. The van der Waals surface area contributed by atoms with E-state index in [0.717, 1.165) is 11.3 Å². The van der Waals surface area contributed by atoms with Crippen LogP contribution in [0.5, 0.6) is 5.75 Å². The predicted molar refractivity (Wildman–Crippen MR) is 94.8 cm³/mol. The Morgan fingerprint density at radius 2 is 2.08 bits per heavy atom. The number of hydrogen-bond acceptors (Lipinski definition) is 5. The van der Waals surface area contributed by atoms with Crippen molar-refractivity contribution >= 4 is 17.5 Å². The molecule has 0 radical (unpaired) electrons. The Bertz CT molecular complexity index is 787. The predicted octanol–water partition coefficient (Wildman–Crippen LogP) is 0.860. The summed E-state index contributed by atoms with van der Waals surface area (Å²) >= 11 is 0. The summed E-state index contributed by atoms with van der Waals surface area (Å²) in [7, 11) is 1.62. The summed E-state index contributed by atoms with van der Waals surface area (Å²) in [5, 5.41) is 16.8. The van der Waals surface area contributed by atoms with Crippen LogP contribution in [0.2, 0.25) is 0 Å². The second kappa shape index (κ2) is 7.57. The van der Waals surface area contributed by atoms with Crippen molar-refractivity contribution in [3.63, 3.8) is 0 Å². The molecule has 8 nitrogen and oxygen atoms in total. The van der Waals surface area contributed by atoms with Crippen molar-refractivity contribution in [1.82, 2.24) is 14.7 Å². The lowest BCUT2D eigenvalue weighted by Crippen LogP contribution is -2.42. The van der Waals surface area contributed by atoms with Crippen molar-refractivity contribution in [1.29, 1.82) is 0 Å². The van der Waals surface area contributed by atoms with Crippen molar-refractivity contribution in [2.75, 3.05) is 19.0 Å². The van der Waals surface area contributed by atoms with Gasteiger partial charge in [-0.15, -0.1) is 0 Å². The lowest BCUT2D eigenvalue weighted by molar-refractivity contribution is -0.134. The van der Waals surface area contributed by atoms with E-state index in [2.05, 4.69) is 10.4 Å². The molecule has 1 aliphatic heterocycles. The number of nitrogens with one attached hydrogen (secondary N) is 1. The van der Waals surface area contributed by atoms with E-state index in [1.165, 1.54) is 11.8 Å². The number of β-amino-alcohol motifs (C(OH)–C–C–N with tert-alkyl or cyclic N) is 1. The summed E-state index contributed by atoms with van der Waals surface area (Å²) in [6.45, 7) is 2.14. The number of rotatable bonds is 5. The highest BCUT2D eigenvalue weighted by molar-refractivity contribution is 5.97. The minimum Gasteiger partial charge on any atom is -0.497 e. The maximum atomic E-state index is 12.4. The van der Waals surface area contributed by atoms with Crippen LogP contribution in [0.15, 0.2) is 36.7 Å². The molecule has 2 heterocycles. The zero-order chi connectivity index (χ0) is 18.7. The number of hydrogen-bond donors (Lipinski definition) is 2. The summed E-state index contributed by atoms with van der Waals surface area (Å²) < 4.78 is 6.85. The second-order valence-corrected chi connectivity index (χ2v) is 6.34. The van der Waals surface area contributed by atoms with Crippen LogP contribution in [0, 0.1) is 0 Å². The fraction of sp³-hybridized carbons (Fsp3) is 0.389. The van der Waals surface area contributed by atoms with Gasteiger partial charge in [-0.05, 0) is 17.7 Å². The molecular formula is C18H22N4O4. The van der Waals surface area contributed by atoms with Gasteiger partial charge in [0.25, 0.3) is 0 Å². The van der Waals surface area contributed by atoms with E-state index >= 15 is 0 Å². The zero-order valence-electron chi connectivity index (χ0n) is 14.8. The maximum absolute atomic E-state index is 12.4. The van der Waals surface area contributed by atoms with E-state index in [-0.39, 0.29) is 24.8 Å². The molecule has 1 aromatic heterocycles. The first-order valence-corrected chi connectivity index (χ1v) is 8.38. The third-order valence-electron chi connectivity index (χ3n) is 4.39. The lowest BCUT2D eigenvalue weighted by Gasteiger charge is -2.21. The molecule has 0 bridgehead atoms. The number of ether oxygens (including phenoxy) is 1. The van der Waals surface area contributed by atoms with E-state index in [0.29, 0.717) is 12.2 Å². The first-order valence-electron chi connectivity index (χ1n) is 8.38. The maximum Gasteiger partial charge on any atom is 0.247 e. The molecule has 0 unspecified atom stereocenters. The molecule has 26 heavy (non-hydrogen) atoms. The number of carbonyl (C=O) groups is 2. The Hall–Kier alpha value is -2.87. The van der Waals surface area contributed by atoms with Crippen molar-refractivity contribution in [3.05, 3.63) is 42.2 Å². The highest BCUT2D eigenvalue weighted by Crippen LogP contribution is 2.20. The molecular weight excluding hydrogens is 336 g/mol. The number of nitrogens with zero attached hydrogens (tertiary/aromatic N) is 3. The Labute approximate surface area is 151 Å². The lowest BCUT2D eigenvalue weighted by atomic mass is 10.2. The summed E-state index contributed by atoms with van der Waals surface area (Å²) in [4.78, 5) is 25.5. The molecule has 1 aliphatic rings. The van der Waals surface area contributed by atoms with Crippen LogP contribution in [0.4, 0.5) is 5.69 Å². The van der Waals surface area contributed by atoms with Crippen LogP contribution in [-0.2, 0) is 16.1 Å². The molecule has 1 aromatic carbocycles. The molecule has 8 heteroatoms. The van der Waals surface area contributed by atoms with E-state index < -0.39 is 12.1 Å². The third-order valence-corrected chi connectivity index (χ3v) is 4.39. The van der Waals surface area contributed by atoms with Gasteiger partial charge in [-0.3, -0.25) is 14.3 Å². The van der Waals surface area contributed by atoms with Crippen LogP contribution in [0.1, 0.15) is 18.9 Å². The van der Waals surface area contributed by atoms with Gasteiger partial charge in [-0.2, -0.15) is 5.10 Å². The van der Waals surface area contributed by atoms with Crippen LogP contribution in [0.25, 0.3) is 0 Å². The minimum absolute atomic E-state index is 0.185. The van der Waals surface area contributed by atoms with Crippen molar-refractivity contribution in [2.24, 2.45) is 0 Å². The van der Waals surface area contributed by atoms with Gasteiger partial charge in [0, 0.05) is 26.1 Å². The first kappa shape index (κ1) is 17.9. The number of anilines is 1. The van der Waals surface area contributed by atoms with Crippen LogP contribution >= 0.6 is 0 Å². The molecule has 2 N–H and O–H groups in total. The molecule has 0 aliphatic carbocycles. The largest absolute Gasteiger partial charge is 0.497 e. The molecule has 3 rings (SSSR count). The van der Waals surface area contributed by atoms with E-state index in [9.17, 15) is 14.7 Å². The number of benzene rings is 1. The standard InChI is InChI=1S/C18H22N4O4/c1-12(23)22-11-15(24)7-17(22)18(25)20-14-8-19-21(10-14)9-13-3-5-16(26-2)6-4-13/h3-6,8,10,15,17,24H,7,9,11H2,1-2H3,(H,20,25)/t15-,17-/m1/s1. The molecule has 2 atom stereocenters. The number of amides is 2. The van der Waals surface area contributed by atoms with Crippen LogP contribution in [0.3, 0.4) is 0 Å². The molecule has 0 saturated carbocycles. The smallest absolute Gasteiger partial charge is 0.247 e. The summed E-state index contributed by atoms with van der Waals surface area (Å²) in [5.74, 6) is 0.244. The molecule has 138 valence electrons. The monoisotopic (exact) mass is 358 g/mol. The fourth-order valence-corrected chi connectivity index (χ4v) is 3.07. The van der Waals surface area contributed by atoms with E-state index in [1.807, 2.05) is 24.3 Å². The van der Waals surface area contributed by atoms with Crippen molar-refractivity contribution in [2.45, 2.75) is 32.0 Å². The number of aliphatic hydroxyl groups is 1. The van der Waals surface area contributed by atoms with Gasteiger partial charge in [-0.1, -0.05) is 12.1 Å². The van der Waals surface area contributed by atoms with Gasteiger partial charge < -0.3 is 20.1 Å². The first-order chi connectivity index (χ1) is 12.5. The normalized spacial score (nSPS) is 19.4. The summed E-state index contributed by atoms with van der Waals surface area (Å²) in [5.41, 5.74) is 1.60. The molecule has 2 aromatic rings. The van der Waals surface area contributed by atoms with Crippen molar-refractivity contribution < 1.29 is 19.4 Å². The average molecular weight is 358 g/mol. The Morgan fingerprint density at radius 3 is 2.73 bits per heavy atom. The van der Waals surface area contributed by atoms with Gasteiger partial charge in [0.2, 0.25) is 11.8 Å². The van der Waals surface area contributed by atoms with Crippen LogP contribution in [-0.4, -0.2) is 57.4 Å². The fourth-order valence-electron chi connectivity index (χ4n) is 3.07. The highest BCUT2D eigenvalue weighted by atomic mass is 16.5. The number of aromatic nitrogens is 2. The quantitative estimate of drug-likeness (QED) is 0.826. The third kappa shape index (κ3) is 4.02. The van der Waals surface area contributed by atoms with E-state index in [1.54, 1.807) is 24.2 Å². The molecule has 1 saturated heterocycles. The van der Waals surface area contributed by atoms with Gasteiger partial charge in [-0.25, -0.2) is 0 Å². The van der Waals surface area contributed by atoms with Gasteiger partial charge >= 0.3 is 0 Å². The van der Waals surface area contributed by atoms with Crippen LogP contribution < -0.4 is 10.1 Å². The Balaban J connectivity index is 1.62. The van der Waals surface area contributed by atoms with Gasteiger partial charge in [0.1, 0.15) is 11.8 Å². The van der Waals surface area contributed by atoms with Gasteiger partial charge in [0.15, 0.2) is 0 Å². The van der Waals surface area contributed by atoms with E-state index in [4.69, 9.17) is 4.74 Å². The van der Waals surface area contributed by atoms with Gasteiger partial charge in [0.05, 0.1) is 31.6 Å². The minimum atomic E-state index is -0.674. The summed E-state index contributed by atoms with van der Waals surface area (Å²) in [6.07, 6.45) is 2.86.